The SMILES string of the molecule is C[C@H]1C[C@H](C(=O)Nc2cc(C(CC3CC3)/C(c3ccncc3)=[SH](=O)\C(C)(C)C)ccc2F)N(C(=O)OC(C)(C)C)C1. The van der Waals surface area contributed by atoms with Gasteiger partial charge < -0.3 is 10.1 Å². The van der Waals surface area contributed by atoms with E-state index in [2.05, 4.69) is 10.3 Å². The Morgan fingerprint density at radius 1 is 1.12 bits per heavy atom. The van der Waals surface area contributed by atoms with Gasteiger partial charge in [0.05, 0.1) is 5.69 Å². The van der Waals surface area contributed by atoms with E-state index in [9.17, 15) is 13.8 Å². The molecular weight excluding hydrogens is 541 g/mol. The van der Waals surface area contributed by atoms with Gasteiger partial charge in [-0.25, -0.2) is 9.18 Å². The summed E-state index contributed by atoms with van der Waals surface area (Å²) in [5.74, 6) is -0.620. The van der Waals surface area contributed by atoms with Crippen LogP contribution in [0.1, 0.15) is 91.2 Å². The van der Waals surface area contributed by atoms with Crippen LogP contribution in [0.15, 0.2) is 42.7 Å². The van der Waals surface area contributed by atoms with E-state index in [-0.39, 0.29) is 17.5 Å². The fraction of sp³-hybridized carbons (Fsp3) is 0.562. The van der Waals surface area contributed by atoms with Crippen molar-refractivity contribution in [2.75, 3.05) is 11.9 Å². The van der Waals surface area contributed by atoms with E-state index in [1.54, 1.807) is 45.3 Å². The first-order chi connectivity index (χ1) is 19.1. The Balaban J connectivity index is 1.69. The van der Waals surface area contributed by atoms with Crippen LogP contribution in [-0.4, -0.2) is 53.9 Å². The van der Waals surface area contributed by atoms with Crippen LogP contribution in [-0.2, 0) is 19.9 Å². The number of rotatable bonds is 7. The minimum absolute atomic E-state index is 0.0528. The van der Waals surface area contributed by atoms with Crippen molar-refractivity contribution < 1.29 is 22.9 Å². The molecule has 1 saturated heterocycles. The molecule has 2 aromatic rings. The molecule has 1 aromatic carbocycles. The van der Waals surface area contributed by atoms with E-state index in [0.29, 0.717) is 18.9 Å². The first kappa shape index (κ1) is 31.0. The Hall–Kier alpha value is -2.94. The molecule has 0 radical (unpaired) electrons. The lowest BCUT2D eigenvalue weighted by molar-refractivity contribution is -0.120. The van der Waals surface area contributed by atoms with Gasteiger partial charge in [-0.3, -0.25) is 18.9 Å². The van der Waals surface area contributed by atoms with Crippen LogP contribution in [0.25, 0.3) is 0 Å². The molecule has 41 heavy (non-hydrogen) atoms. The summed E-state index contributed by atoms with van der Waals surface area (Å²) < 4.78 is 34.3. The van der Waals surface area contributed by atoms with Crippen molar-refractivity contribution >= 4 is 32.9 Å². The molecule has 9 heteroatoms. The predicted molar refractivity (Wildman–Crippen MR) is 163 cm³/mol. The van der Waals surface area contributed by atoms with E-state index in [4.69, 9.17) is 4.74 Å². The van der Waals surface area contributed by atoms with Crippen molar-refractivity contribution in [3.63, 3.8) is 0 Å². The smallest absolute Gasteiger partial charge is 0.410 e. The summed E-state index contributed by atoms with van der Waals surface area (Å²) in [5.41, 5.74) is 1.02. The minimum Gasteiger partial charge on any atom is -0.444 e. The largest absolute Gasteiger partial charge is 0.444 e. The van der Waals surface area contributed by atoms with Crippen LogP contribution in [0.4, 0.5) is 14.9 Å². The quantitative estimate of drug-likeness (QED) is 0.230. The minimum atomic E-state index is -1.80. The highest BCUT2D eigenvalue weighted by atomic mass is 32.2. The van der Waals surface area contributed by atoms with Crippen molar-refractivity contribution in [1.29, 1.82) is 0 Å². The van der Waals surface area contributed by atoms with Crippen molar-refractivity contribution in [3.8, 4) is 0 Å². The van der Waals surface area contributed by atoms with E-state index in [1.165, 1.54) is 11.0 Å². The molecule has 0 spiro atoms. The number of nitrogens with one attached hydrogen (secondary N) is 1. The zero-order valence-electron chi connectivity index (χ0n) is 25.2. The molecule has 2 unspecified atom stereocenters. The van der Waals surface area contributed by atoms with Crippen LogP contribution < -0.4 is 5.32 Å². The molecule has 7 nitrogen and oxygen atoms in total. The second kappa shape index (κ2) is 12.1. The van der Waals surface area contributed by atoms with E-state index >= 15 is 4.39 Å². The van der Waals surface area contributed by atoms with Crippen LogP contribution in [0.2, 0.25) is 0 Å². The Morgan fingerprint density at radius 2 is 1.78 bits per heavy atom. The average molecular weight is 586 g/mol. The number of nitrogens with zero attached hydrogens (tertiary/aromatic N) is 2. The fourth-order valence-electron chi connectivity index (χ4n) is 5.32. The summed E-state index contributed by atoms with van der Waals surface area (Å²) in [4.78, 5) is 32.7. The number of aromatic nitrogens is 1. The molecule has 1 N–H and O–H groups in total. The molecule has 1 aliphatic heterocycles. The zero-order valence-corrected chi connectivity index (χ0v) is 26.1. The summed E-state index contributed by atoms with van der Waals surface area (Å²) >= 11 is 0. The summed E-state index contributed by atoms with van der Waals surface area (Å²) in [7, 11) is -1.80. The number of ether oxygens (including phenoxy) is 1. The van der Waals surface area contributed by atoms with Gasteiger partial charge in [0.2, 0.25) is 5.91 Å². The van der Waals surface area contributed by atoms with Crippen molar-refractivity contribution in [2.24, 2.45) is 11.8 Å². The van der Waals surface area contributed by atoms with E-state index in [1.807, 2.05) is 39.8 Å². The van der Waals surface area contributed by atoms with Gasteiger partial charge in [0.1, 0.15) is 17.5 Å². The molecule has 2 heterocycles. The molecule has 1 aromatic heterocycles. The van der Waals surface area contributed by atoms with Crippen LogP contribution in [0, 0.1) is 17.7 Å². The fourth-order valence-corrected chi connectivity index (χ4v) is 6.97. The standard InChI is InChI=1S/C32H44FN3O4S/c1-20-16-27(36(19-20)30(38)40-31(2,3)4)29(37)35-26-18-23(10-11-25(26)33)24(17-21-8-9-21)28(41(39)32(5,6)7)22-12-14-34-15-13-22/h10-15,18,20-21,24,27,41H,8-9,16-17,19H2,1-7H3,(H,35,37)/t20-,24?,27+/m0/s1. The third-order valence-corrected chi connectivity index (χ3v) is 9.72. The number of hydrogen-bond donors (Lipinski definition) is 2. The van der Waals surface area contributed by atoms with Gasteiger partial charge in [-0.05, 0) is 112 Å². The van der Waals surface area contributed by atoms with Crippen LogP contribution >= 0.6 is 0 Å². The summed E-state index contributed by atoms with van der Waals surface area (Å²) in [6.07, 6.45) is 6.32. The number of thiol groups is 1. The molecule has 0 bridgehead atoms. The zero-order chi connectivity index (χ0) is 30.1. The Kier molecular flexibility index (Phi) is 9.16. The van der Waals surface area contributed by atoms with Gasteiger partial charge in [-0.15, -0.1) is 0 Å². The van der Waals surface area contributed by atoms with Crippen molar-refractivity contribution in [3.05, 3.63) is 59.7 Å². The molecule has 2 amide bonds. The summed E-state index contributed by atoms with van der Waals surface area (Å²) in [5, 5.41) is 2.77. The number of amides is 2. The number of halogens is 1. The maximum Gasteiger partial charge on any atom is 0.410 e. The maximum absolute atomic E-state index is 15.2. The second-order valence-corrected chi connectivity index (χ2v) is 15.9. The monoisotopic (exact) mass is 585 g/mol. The number of pyridine rings is 1. The van der Waals surface area contributed by atoms with Gasteiger partial charge in [-0.2, -0.15) is 0 Å². The molecule has 4 rings (SSSR count). The normalized spacial score (nSPS) is 21.3. The molecule has 1 aliphatic carbocycles. The summed E-state index contributed by atoms with van der Waals surface area (Å²) in [6, 6.07) is 7.76. The van der Waals surface area contributed by atoms with Crippen molar-refractivity contribution in [2.45, 2.75) is 96.5 Å². The third kappa shape index (κ3) is 7.87. The lowest BCUT2D eigenvalue weighted by atomic mass is 9.87. The lowest BCUT2D eigenvalue weighted by Crippen LogP contribution is -2.45. The summed E-state index contributed by atoms with van der Waals surface area (Å²) in [6.45, 7) is 13.6. The highest BCUT2D eigenvalue weighted by Gasteiger charge is 2.40. The van der Waals surface area contributed by atoms with Crippen LogP contribution in [0.3, 0.4) is 0 Å². The number of hydrogen-bond acceptors (Lipinski definition) is 5. The van der Waals surface area contributed by atoms with Gasteiger partial charge >= 0.3 is 6.09 Å². The Bertz CT molecular complexity index is 1360. The molecule has 1 saturated carbocycles. The Labute approximate surface area is 245 Å². The van der Waals surface area contributed by atoms with Gasteiger partial charge in [0.15, 0.2) is 0 Å². The topological polar surface area (TPSA) is 88.6 Å². The number of carbonyl (C=O) groups is 2. The number of likely N-dealkylation sites (tertiary alicyclic amines) is 1. The second-order valence-electron chi connectivity index (χ2n) is 13.5. The van der Waals surface area contributed by atoms with Gasteiger partial charge in [0.25, 0.3) is 0 Å². The molecule has 2 aliphatic rings. The van der Waals surface area contributed by atoms with Gasteiger partial charge in [-0.1, -0.05) is 25.8 Å². The number of carbonyl (C=O) groups excluding carboxylic acids is 2. The van der Waals surface area contributed by atoms with Gasteiger partial charge in [0, 0.05) is 34.5 Å². The highest BCUT2D eigenvalue weighted by Crippen LogP contribution is 2.41. The van der Waals surface area contributed by atoms with Crippen LogP contribution in [0.5, 0.6) is 0 Å². The number of anilines is 1. The molecule has 2 fully saturated rings. The van der Waals surface area contributed by atoms with Crippen molar-refractivity contribution in [1.82, 2.24) is 9.88 Å². The maximum atomic E-state index is 15.2. The average Bonchev–Trinajstić information content (AvgIpc) is 3.61. The Morgan fingerprint density at radius 3 is 2.37 bits per heavy atom. The van der Waals surface area contributed by atoms with E-state index in [0.717, 1.165) is 35.3 Å². The first-order valence-electron chi connectivity index (χ1n) is 14.5. The molecular formula is C32H44FN3O4S. The number of benzene rings is 1. The molecule has 4 atom stereocenters. The predicted octanol–water partition coefficient (Wildman–Crippen LogP) is 6.19. The lowest BCUT2D eigenvalue weighted by Gasteiger charge is -2.28. The highest BCUT2D eigenvalue weighted by molar-refractivity contribution is 7.86. The van der Waals surface area contributed by atoms with E-state index < -0.39 is 44.6 Å². The third-order valence-electron chi connectivity index (χ3n) is 7.49. The molecule has 224 valence electrons. The first-order valence-corrected chi connectivity index (χ1v) is 15.7.